The number of aryl methyl sites for hydroxylation is 4. The molecule has 7 rings (SSSR count). The number of carboxylic acids is 2. The van der Waals surface area contributed by atoms with Gasteiger partial charge >= 0.3 is 11.9 Å². The Labute approximate surface area is 379 Å². The number of para-hydroxylation sites is 2. The van der Waals surface area contributed by atoms with E-state index in [-0.39, 0.29) is 21.1 Å². The Balaban J connectivity index is 0.000000216. The second-order valence-electron chi connectivity index (χ2n) is 15.1. The molecule has 0 radical (unpaired) electrons. The topological polar surface area (TPSA) is 184 Å². The molecule has 0 atom stereocenters. The first kappa shape index (κ1) is 47.1. The van der Waals surface area contributed by atoms with Crippen LogP contribution in [0.2, 0.25) is 0 Å². The van der Waals surface area contributed by atoms with E-state index in [1.54, 1.807) is 84.9 Å². The molecule has 0 unspecified atom stereocenters. The number of anilines is 2. The Bertz CT molecular complexity index is 2990. The van der Waals surface area contributed by atoms with Gasteiger partial charge in [-0.2, -0.15) is 0 Å². The molecule has 0 aliphatic heterocycles. The lowest BCUT2D eigenvalue weighted by atomic mass is 9.99. The van der Waals surface area contributed by atoms with E-state index < -0.39 is 32.0 Å². The van der Waals surface area contributed by atoms with Crippen LogP contribution in [0.1, 0.15) is 73.1 Å². The molecular formula is C52H48N2O9S2. The number of benzene rings is 7. The third kappa shape index (κ3) is 12.9. The van der Waals surface area contributed by atoms with E-state index in [1.807, 2.05) is 66.7 Å². The Kier molecular flexibility index (Phi) is 15.8. The fourth-order valence-corrected chi connectivity index (χ4v) is 9.44. The average Bonchev–Trinajstić information content (AvgIpc) is 3.31. The quantitative estimate of drug-likeness (QED) is 0.0609. The van der Waals surface area contributed by atoms with Gasteiger partial charge in [-0.25, -0.2) is 26.4 Å². The lowest BCUT2D eigenvalue weighted by molar-refractivity contribution is 0.0684. The molecule has 0 aliphatic rings. The summed E-state index contributed by atoms with van der Waals surface area (Å²) in [5.41, 5.74) is 7.20. The van der Waals surface area contributed by atoms with Crippen molar-refractivity contribution in [2.24, 2.45) is 0 Å². The van der Waals surface area contributed by atoms with Crippen LogP contribution in [0.5, 0.6) is 0 Å². The molecule has 13 heteroatoms. The molecule has 0 aromatic heterocycles. The van der Waals surface area contributed by atoms with Crippen molar-refractivity contribution in [1.82, 2.24) is 0 Å². The summed E-state index contributed by atoms with van der Waals surface area (Å²) < 4.78 is 57.0. The number of rotatable bonds is 18. The summed E-state index contributed by atoms with van der Waals surface area (Å²) in [5.74, 6) is -2.03. The van der Waals surface area contributed by atoms with E-state index in [4.69, 9.17) is 0 Å². The molecule has 4 N–H and O–H groups in total. The first-order valence-corrected chi connectivity index (χ1v) is 23.8. The van der Waals surface area contributed by atoms with Crippen LogP contribution >= 0.6 is 0 Å². The molecule has 65 heavy (non-hydrogen) atoms. The number of ketones is 1. The maximum Gasteiger partial charge on any atom is 0.335 e. The van der Waals surface area contributed by atoms with Gasteiger partial charge in [-0.15, -0.1) is 0 Å². The number of nitrogens with one attached hydrogen (secondary N) is 2. The van der Waals surface area contributed by atoms with Gasteiger partial charge in [0.1, 0.15) is 0 Å². The fraction of sp³-hybridized carbons (Fsp3) is 0.135. The normalized spacial score (nSPS) is 11.2. The van der Waals surface area contributed by atoms with Crippen molar-refractivity contribution in [2.45, 2.75) is 55.2 Å². The number of carbonyl (C=O) groups is 3. The Morgan fingerprint density at radius 1 is 0.415 bits per heavy atom. The minimum atomic E-state index is -3.81. The van der Waals surface area contributed by atoms with Crippen molar-refractivity contribution in [3.8, 4) is 11.1 Å². The third-order valence-electron chi connectivity index (χ3n) is 10.6. The zero-order valence-corrected chi connectivity index (χ0v) is 37.2. The first-order chi connectivity index (χ1) is 31.2. The summed E-state index contributed by atoms with van der Waals surface area (Å²) in [4.78, 5) is 34.5. The Morgan fingerprint density at radius 2 is 0.754 bits per heavy atom. The van der Waals surface area contributed by atoms with Crippen LogP contribution in [-0.2, 0) is 45.7 Å². The van der Waals surface area contributed by atoms with Gasteiger partial charge < -0.3 is 10.2 Å². The van der Waals surface area contributed by atoms with Crippen LogP contribution in [0, 0.1) is 0 Å². The Morgan fingerprint density at radius 3 is 1.17 bits per heavy atom. The lowest BCUT2D eigenvalue weighted by Crippen LogP contribution is -2.14. The summed E-state index contributed by atoms with van der Waals surface area (Å²) in [6.45, 7) is 1.42. The summed E-state index contributed by atoms with van der Waals surface area (Å²) in [6.07, 6.45) is 3.70. The zero-order chi connectivity index (χ0) is 46.4. The lowest BCUT2D eigenvalue weighted by Gasteiger charge is -2.13. The summed E-state index contributed by atoms with van der Waals surface area (Å²) in [7, 11) is -7.57. The van der Waals surface area contributed by atoms with Crippen molar-refractivity contribution in [3.05, 3.63) is 215 Å². The molecule has 0 saturated carbocycles. The molecule has 0 saturated heterocycles. The number of carboxylic acid groups (broad SMARTS) is 2. The standard InChI is InChI=1S/C28H25NO4S.C24H23NO5S/c30-28(31)26-15-6-4-11-23(26)13-8-14-24-12-5-7-16-27(24)29-34(32,33)25-19-17-22(18-20-25)21-9-2-1-3-10-21;1-17(26)18-13-15-21(16-14-18)31(29,30)25-23-12-5-3-8-20(23)10-6-9-19-7-2-4-11-22(19)24(27)28/h1-7,9-12,15-20,29H,8,13-14H2,(H,30,31);2-5,7-8,11-16,25H,6,9-10H2,1H3,(H,27,28). The minimum absolute atomic E-state index is 0.0719. The molecular weight excluding hydrogens is 861 g/mol. The first-order valence-electron chi connectivity index (χ1n) is 20.8. The highest BCUT2D eigenvalue weighted by Gasteiger charge is 2.19. The maximum absolute atomic E-state index is 13.0. The van der Waals surface area contributed by atoms with Crippen molar-refractivity contribution in [1.29, 1.82) is 0 Å². The number of hydrogen-bond acceptors (Lipinski definition) is 7. The molecule has 7 aromatic rings. The van der Waals surface area contributed by atoms with Crippen LogP contribution in [0.15, 0.2) is 186 Å². The number of hydrogen-bond donors (Lipinski definition) is 4. The second-order valence-corrected chi connectivity index (χ2v) is 18.5. The minimum Gasteiger partial charge on any atom is -0.478 e. The van der Waals surface area contributed by atoms with Crippen molar-refractivity contribution < 1.29 is 41.4 Å². The number of carbonyl (C=O) groups excluding carboxylic acids is 1. The van der Waals surface area contributed by atoms with E-state index in [1.165, 1.54) is 31.2 Å². The second kappa shape index (κ2) is 21.8. The summed E-state index contributed by atoms with van der Waals surface area (Å²) in [5, 5.41) is 18.7. The van der Waals surface area contributed by atoms with Gasteiger partial charge in [0.2, 0.25) is 0 Å². The van der Waals surface area contributed by atoms with Gasteiger partial charge in [0, 0.05) is 5.56 Å². The van der Waals surface area contributed by atoms with Gasteiger partial charge in [-0.1, -0.05) is 127 Å². The molecule has 0 spiro atoms. The van der Waals surface area contributed by atoms with E-state index in [2.05, 4.69) is 9.44 Å². The van der Waals surface area contributed by atoms with Crippen LogP contribution in [0.3, 0.4) is 0 Å². The van der Waals surface area contributed by atoms with E-state index in [0.717, 1.165) is 33.4 Å². The van der Waals surface area contributed by atoms with E-state index >= 15 is 0 Å². The molecule has 0 fully saturated rings. The van der Waals surface area contributed by atoms with Crippen LogP contribution in [0.25, 0.3) is 11.1 Å². The molecule has 0 heterocycles. The third-order valence-corrected chi connectivity index (χ3v) is 13.4. The van der Waals surface area contributed by atoms with Gasteiger partial charge in [0.25, 0.3) is 20.0 Å². The highest BCUT2D eigenvalue weighted by Crippen LogP contribution is 2.26. The highest BCUT2D eigenvalue weighted by atomic mass is 32.2. The molecule has 0 aliphatic carbocycles. The maximum atomic E-state index is 13.0. The number of sulfonamides is 2. The van der Waals surface area contributed by atoms with Gasteiger partial charge in [0.15, 0.2) is 5.78 Å². The zero-order valence-electron chi connectivity index (χ0n) is 35.6. The average molecular weight is 909 g/mol. The highest BCUT2D eigenvalue weighted by molar-refractivity contribution is 7.93. The van der Waals surface area contributed by atoms with Crippen LogP contribution in [-0.4, -0.2) is 44.8 Å². The van der Waals surface area contributed by atoms with Crippen LogP contribution in [0.4, 0.5) is 11.4 Å². The van der Waals surface area contributed by atoms with E-state index in [9.17, 15) is 41.4 Å². The molecule has 0 amide bonds. The Hall–Kier alpha value is -7.35. The number of Topliss-reactive ketones (excluding diaryl/α,β-unsaturated/α-hetero) is 1. The fourth-order valence-electron chi connectivity index (χ4n) is 7.24. The summed E-state index contributed by atoms with van der Waals surface area (Å²) >= 11 is 0. The monoisotopic (exact) mass is 908 g/mol. The largest absolute Gasteiger partial charge is 0.478 e. The van der Waals surface area contributed by atoms with E-state index in [0.29, 0.717) is 61.0 Å². The smallest absolute Gasteiger partial charge is 0.335 e. The molecule has 0 bridgehead atoms. The molecule has 332 valence electrons. The van der Waals surface area contributed by atoms with Crippen LogP contribution < -0.4 is 9.44 Å². The summed E-state index contributed by atoms with van der Waals surface area (Å²) in [6, 6.07) is 50.6. The SMILES string of the molecule is CC(=O)c1ccc(S(=O)(=O)Nc2ccccc2CCCc2ccccc2C(=O)O)cc1.O=C(O)c1ccccc1CCCc1ccccc1NS(=O)(=O)c1ccc(-c2ccccc2)cc1. The molecule has 7 aromatic carbocycles. The predicted octanol–water partition coefficient (Wildman–Crippen LogP) is 10.6. The van der Waals surface area contributed by atoms with Crippen molar-refractivity contribution in [2.75, 3.05) is 9.44 Å². The number of aromatic carboxylic acids is 2. The van der Waals surface area contributed by atoms with Crippen molar-refractivity contribution in [3.63, 3.8) is 0 Å². The molecule has 11 nitrogen and oxygen atoms in total. The predicted molar refractivity (Wildman–Crippen MR) is 254 cm³/mol. The van der Waals surface area contributed by atoms with Gasteiger partial charge in [-0.3, -0.25) is 14.2 Å². The van der Waals surface area contributed by atoms with Gasteiger partial charge in [0.05, 0.1) is 32.3 Å². The van der Waals surface area contributed by atoms with Crippen molar-refractivity contribution >= 4 is 49.1 Å². The van der Waals surface area contributed by atoms with Gasteiger partial charge in [-0.05, 0) is 127 Å².